The number of carbonyl (C=O) groups excluding carboxylic acids is 2. The Balaban J connectivity index is 1.21. The Kier molecular flexibility index (Phi) is 8.65. The number of hydrogen-bond acceptors (Lipinski definition) is 4. The molecule has 2 saturated carbocycles. The molecule has 4 aliphatic rings. The lowest BCUT2D eigenvalue weighted by atomic mass is 9.79. The number of ether oxygens (including phenoxy) is 1. The number of hydrogen-bond donors (Lipinski definition) is 1. The van der Waals surface area contributed by atoms with Gasteiger partial charge in [0.2, 0.25) is 11.8 Å². The average Bonchev–Trinajstić information content (AvgIpc) is 3.74. The molecular weight excluding hydrogens is 486 g/mol. The summed E-state index contributed by atoms with van der Waals surface area (Å²) < 4.78 is 5.87. The Labute approximate surface area is 227 Å². The van der Waals surface area contributed by atoms with Crippen LogP contribution in [0.3, 0.4) is 0 Å². The fourth-order valence-corrected chi connectivity index (χ4v) is 6.73. The summed E-state index contributed by atoms with van der Waals surface area (Å²) in [4.78, 5) is 31.7. The molecule has 4 fully saturated rings. The van der Waals surface area contributed by atoms with Crippen LogP contribution in [0.25, 0.3) is 0 Å². The van der Waals surface area contributed by atoms with E-state index in [4.69, 9.17) is 16.3 Å². The van der Waals surface area contributed by atoms with Crippen LogP contribution >= 0.6 is 11.6 Å². The van der Waals surface area contributed by atoms with Gasteiger partial charge in [-0.3, -0.25) is 14.5 Å². The fraction of sp³-hybridized carbons (Fsp3) is 0.733. The second-order valence-corrected chi connectivity index (χ2v) is 12.3. The number of amides is 2. The van der Waals surface area contributed by atoms with E-state index in [0.717, 1.165) is 61.8 Å². The van der Waals surface area contributed by atoms with Gasteiger partial charge in [-0.05, 0) is 68.1 Å². The van der Waals surface area contributed by atoms with Gasteiger partial charge >= 0.3 is 0 Å². The lowest BCUT2D eigenvalue weighted by molar-refractivity contribution is -0.162. The minimum Gasteiger partial charge on any atom is -0.493 e. The van der Waals surface area contributed by atoms with E-state index < -0.39 is 5.54 Å². The standard InChI is InChI=1S/C30H44ClN3O3/c1-2-3-15-34-28(35)27(18-22-7-5-4-6-8-22)32-29(36)30(34)13-16-33(17-14-30)20-24-11-12-25(19-26(24)31)37-21-23-9-10-23/h11-12,19,22-23,27H,2-10,13-18,20-21H2,1H3,(H,32,36). The monoisotopic (exact) mass is 529 g/mol. The van der Waals surface area contributed by atoms with Gasteiger partial charge in [-0.2, -0.15) is 0 Å². The molecule has 1 aromatic carbocycles. The maximum absolute atomic E-state index is 13.7. The normalized spacial score (nSPS) is 24.9. The minimum atomic E-state index is -0.712. The van der Waals surface area contributed by atoms with Crippen LogP contribution in [-0.4, -0.2) is 59.4 Å². The zero-order valence-corrected chi connectivity index (χ0v) is 23.2. The van der Waals surface area contributed by atoms with Crippen molar-refractivity contribution in [2.24, 2.45) is 11.8 Å². The Morgan fingerprint density at radius 2 is 1.81 bits per heavy atom. The molecule has 37 heavy (non-hydrogen) atoms. The first kappa shape index (κ1) is 26.8. The SMILES string of the molecule is CCCCN1C(=O)C(CC2CCCCC2)NC(=O)C12CCN(Cc1ccc(OCC3CC3)cc1Cl)CC2. The smallest absolute Gasteiger partial charge is 0.246 e. The zero-order valence-electron chi connectivity index (χ0n) is 22.5. The third-order valence-corrected chi connectivity index (χ3v) is 9.47. The molecule has 2 saturated heterocycles. The van der Waals surface area contributed by atoms with Crippen molar-refractivity contribution in [3.05, 3.63) is 28.8 Å². The molecule has 1 N–H and O–H groups in total. The van der Waals surface area contributed by atoms with Crippen molar-refractivity contribution in [3.8, 4) is 5.75 Å². The van der Waals surface area contributed by atoms with Gasteiger partial charge in [-0.1, -0.05) is 63.1 Å². The third kappa shape index (κ3) is 6.27. The fourth-order valence-electron chi connectivity index (χ4n) is 6.50. The van der Waals surface area contributed by atoms with Crippen LogP contribution in [0.2, 0.25) is 5.02 Å². The van der Waals surface area contributed by atoms with E-state index in [-0.39, 0.29) is 17.9 Å². The average molecular weight is 530 g/mol. The summed E-state index contributed by atoms with van der Waals surface area (Å²) in [5.74, 6) is 2.32. The summed E-state index contributed by atoms with van der Waals surface area (Å²) in [5.41, 5.74) is 0.367. The van der Waals surface area contributed by atoms with Crippen molar-refractivity contribution >= 4 is 23.4 Å². The number of carbonyl (C=O) groups is 2. The molecule has 0 radical (unpaired) electrons. The highest BCUT2D eigenvalue weighted by Crippen LogP contribution is 2.37. The van der Waals surface area contributed by atoms with Crippen LogP contribution in [0.15, 0.2) is 18.2 Å². The first-order valence-corrected chi connectivity index (χ1v) is 15.1. The minimum absolute atomic E-state index is 0.0684. The largest absolute Gasteiger partial charge is 0.493 e. The molecule has 0 bridgehead atoms. The number of unbranched alkanes of at least 4 members (excludes halogenated alkanes) is 1. The second-order valence-electron chi connectivity index (χ2n) is 11.9. The van der Waals surface area contributed by atoms with Crippen LogP contribution in [0.5, 0.6) is 5.75 Å². The third-order valence-electron chi connectivity index (χ3n) is 9.12. The van der Waals surface area contributed by atoms with Crippen molar-refractivity contribution in [2.45, 2.75) is 102 Å². The summed E-state index contributed by atoms with van der Waals surface area (Å²) in [6.45, 7) is 5.89. The van der Waals surface area contributed by atoms with E-state index in [1.807, 2.05) is 17.0 Å². The van der Waals surface area contributed by atoms with Crippen molar-refractivity contribution in [3.63, 3.8) is 0 Å². The van der Waals surface area contributed by atoms with Crippen LogP contribution in [0.4, 0.5) is 0 Å². The molecule has 1 unspecified atom stereocenters. The topological polar surface area (TPSA) is 61.9 Å². The number of piperazine rings is 1. The molecule has 2 heterocycles. The maximum atomic E-state index is 13.7. The van der Waals surface area contributed by atoms with Gasteiger partial charge < -0.3 is 15.0 Å². The van der Waals surface area contributed by atoms with Crippen molar-refractivity contribution < 1.29 is 14.3 Å². The highest BCUT2D eigenvalue weighted by Gasteiger charge is 2.53. The number of likely N-dealkylation sites (tertiary alicyclic amines) is 1. The van der Waals surface area contributed by atoms with Gasteiger partial charge in [0.05, 0.1) is 6.61 Å². The number of rotatable bonds is 10. The molecule has 2 aliphatic carbocycles. The summed E-state index contributed by atoms with van der Waals surface area (Å²) in [7, 11) is 0. The molecular formula is C30H44ClN3O3. The Morgan fingerprint density at radius 3 is 2.49 bits per heavy atom. The first-order valence-electron chi connectivity index (χ1n) is 14.7. The number of nitrogens with zero attached hydrogens (tertiary/aromatic N) is 2. The lowest BCUT2D eigenvalue weighted by Crippen LogP contribution is -2.73. The van der Waals surface area contributed by atoms with Gasteiger partial charge in [0.1, 0.15) is 17.3 Å². The van der Waals surface area contributed by atoms with Crippen LogP contribution in [0, 0.1) is 11.8 Å². The molecule has 1 atom stereocenters. The molecule has 5 rings (SSSR count). The zero-order chi connectivity index (χ0) is 25.8. The number of nitrogens with one attached hydrogen (secondary N) is 1. The van der Waals surface area contributed by atoms with Gasteiger partial charge in [0, 0.05) is 31.2 Å². The number of piperidine rings is 1. The van der Waals surface area contributed by atoms with Crippen molar-refractivity contribution in [1.82, 2.24) is 15.1 Å². The Hall–Kier alpha value is -1.79. The second kappa shape index (κ2) is 11.9. The van der Waals surface area contributed by atoms with Crippen molar-refractivity contribution in [1.29, 1.82) is 0 Å². The quantitative estimate of drug-likeness (QED) is 0.431. The van der Waals surface area contributed by atoms with E-state index in [9.17, 15) is 9.59 Å². The van der Waals surface area contributed by atoms with Gasteiger partial charge in [-0.15, -0.1) is 0 Å². The van der Waals surface area contributed by atoms with Gasteiger partial charge in [0.15, 0.2) is 0 Å². The molecule has 0 aromatic heterocycles. The van der Waals surface area contributed by atoms with Crippen LogP contribution in [-0.2, 0) is 16.1 Å². The van der Waals surface area contributed by atoms with E-state index in [1.165, 1.54) is 44.9 Å². The van der Waals surface area contributed by atoms with E-state index >= 15 is 0 Å². The van der Waals surface area contributed by atoms with E-state index in [1.54, 1.807) is 0 Å². The van der Waals surface area contributed by atoms with Crippen molar-refractivity contribution in [2.75, 3.05) is 26.2 Å². The Morgan fingerprint density at radius 1 is 1.05 bits per heavy atom. The summed E-state index contributed by atoms with van der Waals surface area (Å²) in [5, 5.41) is 3.93. The number of benzene rings is 1. The highest BCUT2D eigenvalue weighted by atomic mass is 35.5. The molecule has 2 amide bonds. The summed E-state index contributed by atoms with van der Waals surface area (Å²) in [6, 6.07) is 5.66. The van der Waals surface area contributed by atoms with E-state index in [2.05, 4.69) is 23.2 Å². The summed E-state index contributed by atoms with van der Waals surface area (Å²) in [6.07, 6.45) is 12.8. The number of halogens is 1. The van der Waals surface area contributed by atoms with Crippen LogP contribution < -0.4 is 10.1 Å². The molecule has 7 heteroatoms. The highest BCUT2D eigenvalue weighted by molar-refractivity contribution is 6.31. The molecule has 204 valence electrons. The van der Waals surface area contributed by atoms with Gasteiger partial charge in [-0.25, -0.2) is 0 Å². The molecule has 1 spiro atoms. The Bertz CT molecular complexity index is 951. The van der Waals surface area contributed by atoms with E-state index in [0.29, 0.717) is 31.2 Å². The predicted octanol–water partition coefficient (Wildman–Crippen LogP) is 5.56. The summed E-state index contributed by atoms with van der Waals surface area (Å²) >= 11 is 6.62. The van der Waals surface area contributed by atoms with Gasteiger partial charge in [0.25, 0.3) is 0 Å². The predicted molar refractivity (Wildman–Crippen MR) is 147 cm³/mol. The maximum Gasteiger partial charge on any atom is 0.246 e. The molecule has 1 aromatic rings. The lowest BCUT2D eigenvalue weighted by Gasteiger charge is -2.52. The first-order chi connectivity index (χ1) is 18.0. The molecule has 2 aliphatic heterocycles. The van der Waals surface area contributed by atoms with Crippen LogP contribution in [0.1, 0.15) is 89.5 Å². The molecule has 6 nitrogen and oxygen atoms in total.